The monoisotopic (exact) mass is 244 g/mol. The van der Waals surface area contributed by atoms with E-state index in [0.717, 1.165) is 11.3 Å². The van der Waals surface area contributed by atoms with Crippen LogP contribution < -0.4 is 5.73 Å². The van der Waals surface area contributed by atoms with E-state index >= 15 is 0 Å². The van der Waals surface area contributed by atoms with Crippen LogP contribution in [0.15, 0.2) is 47.1 Å². The molecular formula is C14H16N2O2. The van der Waals surface area contributed by atoms with Crippen molar-refractivity contribution in [3.8, 4) is 0 Å². The van der Waals surface area contributed by atoms with Crippen LogP contribution in [0, 0.1) is 0 Å². The average molecular weight is 244 g/mol. The molecule has 0 aliphatic rings. The van der Waals surface area contributed by atoms with Gasteiger partial charge in [0.25, 0.3) is 5.91 Å². The van der Waals surface area contributed by atoms with Crippen LogP contribution in [0.1, 0.15) is 21.7 Å². The molecule has 94 valence electrons. The van der Waals surface area contributed by atoms with Crippen molar-refractivity contribution in [3.05, 3.63) is 59.5 Å². The largest absolute Gasteiger partial charge is 0.467 e. The van der Waals surface area contributed by atoms with E-state index in [-0.39, 0.29) is 5.91 Å². The molecule has 0 saturated heterocycles. The Balaban J connectivity index is 2.05. The Bertz CT molecular complexity index is 503. The summed E-state index contributed by atoms with van der Waals surface area (Å²) in [7, 11) is 1.75. The molecule has 18 heavy (non-hydrogen) atoms. The topological polar surface area (TPSA) is 59.5 Å². The molecule has 0 bridgehead atoms. The van der Waals surface area contributed by atoms with Crippen LogP contribution in [0.4, 0.5) is 0 Å². The summed E-state index contributed by atoms with van der Waals surface area (Å²) in [5, 5.41) is 0. The lowest BCUT2D eigenvalue weighted by Crippen LogP contribution is -2.25. The van der Waals surface area contributed by atoms with E-state index in [1.165, 1.54) is 0 Å². The number of amides is 1. The third kappa shape index (κ3) is 2.78. The lowest BCUT2D eigenvalue weighted by Gasteiger charge is -2.15. The van der Waals surface area contributed by atoms with Crippen LogP contribution in [0.5, 0.6) is 0 Å². The van der Waals surface area contributed by atoms with E-state index < -0.39 is 0 Å². The van der Waals surface area contributed by atoms with Crippen molar-refractivity contribution in [1.29, 1.82) is 0 Å². The minimum Gasteiger partial charge on any atom is -0.467 e. The SMILES string of the molecule is CN(Cc1ccco1)C(=O)c1ccc(CN)cc1. The molecule has 0 aliphatic heterocycles. The van der Waals surface area contributed by atoms with Crippen molar-refractivity contribution in [3.63, 3.8) is 0 Å². The standard InChI is InChI=1S/C14H16N2O2/c1-16(10-13-3-2-8-18-13)14(17)12-6-4-11(9-15)5-7-12/h2-8H,9-10,15H2,1H3. The minimum absolute atomic E-state index is 0.0324. The number of nitrogens with zero attached hydrogens (tertiary/aromatic N) is 1. The number of furan rings is 1. The second-order valence-electron chi connectivity index (χ2n) is 4.14. The molecule has 0 saturated carbocycles. The van der Waals surface area contributed by atoms with Crippen LogP contribution in [0.2, 0.25) is 0 Å². The summed E-state index contributed by atoms with van der Waals surface area (Å²) < 4.78 is 5.22. The molecule has 0 fully saturated rings. The lowest BCUT2D eigenvalue weighted by atomic mass is 10.1. The number of benzene rings is 1. The predicted octanol–water partition coefficient (Wildman–Crippen LogP) is 2.01. The van der Waals surface area contributed by atoms with E-state index in [0.29, 0.717) is 18.7 Å². The van der Waals surface area contributed by atoms with Crippen LogP contribution in [0.25, 0.3) is 0 Å². The summed E-state index contributed by atoms with van der Waals surface area (Å²) >= 11 is 0. The number of rotatable bonds is 4. The fourth-order valence-electron chi connectivity index (χ4n) is 1.71. The first-order valence-corrected chi connectivity index (χ1v) is 5.77. The van der Waals surface area contributed by atoms with Gasteiger partial charge in [0.2, 0.25) is 0 Å². The molecule has 0 spiro atoms. The molecule has 1 aromatic heterocycles. The third-order valence-electron chi connectivity index (χ3n) is 2.76. The molecule has 0 unspecified atom stereocenters. The van der Waals surface area contributed by atoms with Crippen molar-refractivity contribution in [2.45, 2.75) is 13.1 Å². The molecular weight excluding hydrogens is 228 g/mol. The van der Waals surface area contributed by atoms with Crippen LogP contribution in [-0.2, 0) is 13.1 Å². The molecule has 4 heteroatoms. The molecule has 1 heterocycles. The van der Waals surface area contributed by atoms with E-state index in [1.54, 1.807) is 30.3 Å². The Labute approximate surface area is 106 Å². The molecule has 0 aliphatic carbocycles. The van der Waals surface area contributed by atoms with E-state index in [2.05, 4.69) is 0 Å². The van der Waals surface area contributed by atoms with Gasteiger partial charge in [-0.1, -0.05) is 12.1 Å². The summed E-state index contributed by atoms with van der Waals surface area (Å²) in [6.07, 6.45) is 1.60. The maximum atomic E-state index is 12.1. The molecule has 2 aromatic rings. The van der Waals surface area contributed by atoms with Crippen molar-refractivity contribution in [1.82, 2.24) is 4.90 Å². The number of carbonyl (C=O) groups is 1. The molecule has 2 rings (SSSR count). The minimum atomic E-state index is -0.0324. The lowest BCUT2D eigenvalue weighted by molar-refractivity contribution is 0.0775. The molecule has 0 radical (unpaired) electrons. The van der Waals surface area contributed by atoms with Crippen LogP contribution in [-0.4, -0.2) is 17.9 Å². The summed E-state index contributed by atoms with van der Waals surface area (Å²) in [6.45, 7) is 0.946. The van der Waals surface area contributed by atoms with E-state index in [4.69, 9.17) is 10.2 Å². The number of carbonyl (C=O) groups excluding carboxylic acids is 1. The zero-order valence-electron chi connectivity index (χ0n) is 10.3. The quantitative estimate of drug-likeness (QED) is 0.895. The summed E-state index contributed by atoms with van der Waals surface area (Å²) in [5.74, 6) is 0.736. The van der Waals surface area contributed by atoms with Gasteiger partial charge in [-0.25, -0.2) is 0 Å². The van der Waals surface area contributed by atoms with Gasteiger partial charge in [0.1, 0.15) is 5.76 Å². The maximum absolute atomic E-state index is 12.1. The molecule has 2 N–H and O–H groups in total. The molecule has 1 aromatic carbocycles. The Morgan fingerprint density at radius 3 is 2.56 bits per heavy atom. The van der Waals surface area contributed by atoms with Gasteiger partial charge in [-0.2, -0.15) is 0 Å². The Kier molecular flexibility index (Phi) is 3.79. The zero-order valence-corrected chi connectivity index (χ0v) is 10.3. The van der Waals surface area contributed by atoms with Crippen LogP contribution in [0.3, 0.4) is 0 Å². The first-order chi connectivity index (χ1) is 8.70. The Morgan fingerprint density at radius 2 is 2.00 bits per heavy atom. The maximum Gasteiger partial charge on any atom is 0.254 e. The highest BCUT2D eigenvalue weighted by atomic mass is 16.3. The van der Waals surface area contributed by atoms with Gasteiger partial charge in [-0.05, 0) is 29.8 Å². The van der Waals surface area contributed by atoms with E-state index in [9.17, 15) is 4.79 Å². The van der Waals surface area contributed by atoms with E-state index in [1.807, 2.05) is 24.3 Å². The number of nitrogens with two attached hydrogens (primary N) is 1. The van der Waals surface area contributed by atoms with Gasteiger partial charge in [0.15, 0.2) is 0 Å². The Hall–Kier alpha value is -2.07. The van der Waals surface area contributed by atoms with Gasteiger partial charge >= 0.3 is 0 Å². The zero-order chi connectivity index (χ0) is 13.0. The normalized spacial score (nSPS) is 10.3. The highest BCUT2D eigenvalue weighted by Gasteiger charge is 2.12. The van der Waals surface area contributed by atoms with Crippen molar-refractivity contribution >= 4 is 5.91 Å². The fourth-order valence-corrected chi connectivity index (χ4v) is 1.71. The van der Waals surface area contributed by atoms with Crippen molar-refractivity contribution in [2.75, 3.05) is 7.05 Å². The van der Waals surface area contributed by atoms with Gasteiger partial charge in [0, 0.05) is 19.2 Å². The Morgan fingerprint density at radius 1 is 1.28 bits per heavy atom. The summed E-state index contributed by atoms with van der Waals surface area (Å²) in [4.78, 5) is 13.7. The first kappa shape index (κ1) is 12.4. The highest BCUT2D eigenvalue weighted by molar-refractivity contribution is 5.94. The second-order valence-corrected chi connectivity index (χ2v) is 4.14. The summed E-state index contributed by atoms with van der Waals surface area (Å²) in [6, 6.07) is 11.0. The predicted molar refractivity (Wildman–Crippen MR) is 68.8 cm³/mol. The van der Waals surface area contributed by atoms with Crippen molar-refractivity contribution in [2.24, 2.45) is 5.73 Å². The average Bonchev–Trinajstić information content (AvgIpc) is 2.91. The third-order valence-corrected chi connectivity index (χ3v) is 2.76. The smallest absolute Gasteiger partial charge is 0.254 e. The molecule has 4 nitrogen and oxygen atoms in total. The first-order valence-electron chi connectivity index (χ1n) is 5.77. The molecule has 0 atom stereocenters. The van der Waals surface area contributed by atoms with Gasteiger partial charge in [0.05, 0.1) is 12.8 Å². The highest BCUT2D eigenvalue weighted by Crippen LogP contribution is 2.10. The van der Waals surface area contributed by atoms with Crippen LogP contribution >= 0.6 is 0 Å². The number of hydrogen-bond donors (Lipinski definition) is 1. The summed E-state index contributed by atoms with van der Waals surface area (Å²) in [5.41, 5.74) is 7.19. The van der Waals surface area contributed by atoms with Gasteiger partial charge in [-0.15, -0.1) is 0 Å². The second kappa shape index (κ2) is 5.51. The molecule has 1 amide bonds. The number of hydrogen-bond acceptors (Lipinski definition) is 3. The van der Waals surface area contributed by atoms with Crippen molar-refractivity contribution < 1.29 is 9.21 Å². The fraction of sp³-hybridized carbons (Fsp3) is 0.214. The van der Waals surface area contributed by atoms with Gasteiger partial charge < -0.3 is 15.1 Å². The van der Waals surface area contributed by atoms with Gasteiger partial charge in [-0.3, -0.25) is 4.79 Å².